The zero-order chi connectivity index (χ0) is 15.3. The molecule has 0 spiro atoms. The third kappa shape index (κ3) is 4.63. The molecule has 1 aromatic carbocycles. The summed E-state index contributed by atoms with van der Waals surface area (Å²) in [5.41, 5.74) is 7.92. The first-order valence-electron chi connectivity index (χ1n) is 6.69. The predicted molar refractivity (Wildman–Crippen MR) is 82.7 cm³/mol. The first kappa shape index (κ1) is 15.6. The number of hydrogen-bond acceptors (Lipinski definition) is 4. The van der Waals surface area contributed by atoms with Crippen LogP contribution in [0.2, 0.25) is 0 Å². The van der Waals surface area contributed by atoms with E-state index in [1.165, 1.54) is 0 Å². The van der Waals surface area contributed by atoms with Crippen LogP contribution in [-0.4, -0.2) is 13.4 Å². The van der Waals surface area contributed by atoms with Crippen LogP contribution in [0.15, 0.2) is 48.7 Å². The third-order valence-corrected chi connectivity index (χ3v) is 4.53. The van der Waals surface area contributed by atoms with Gasteiger partial charge in [-0.05, 0) is 30.2 Å². The number of benzene rings is 1. The van der Waals surface area contributed by atoms with Gasteiger partial charge in [0.2, 0.25) is 10.0 Å². The number of sulfonamides is 1. The smallest absolute Gasteiger partial charge is 0.216 e. The van der Waals surface area contributed by atoms with Crippen molar-refractivity contribution in [3.05, 3.63) is 65.5 Å². The topological polar surface area (TPSA) is 85.1 Å². The SMILES string of the molecule is CC(NS(=O)(=O)Cc1ccc(CN)cc1)c1ccccn1. The average molecular weight is 305 g/mol. The number of nitrogens with one attached hydrogen (secondary N) is 1. The largest absolute Gasteiger partial charge is 0.326 e. The zero-order valence-corrected chi connectivity index (χ0v) is 12.7. The summed E-state index contributed by atoms with van der Waals surface area (Å²) in [4.78, 5) is 4.15. The Morgan fingerprint density at radius 1 is 1.14 bits per heavy atom. The molecular formula is C15H19N3O2S. The van der Waals surface area contributed by atoms with E-state index in [1.54, 1.807) is 37.4 Å². The second-order valence-electron chi connectivity index (χ2n) is 4.87. The van der Waals surface area contributed by atoms with Gasteiger partial charge in [-0.2, -0.15) is 0 Å². The highest BCUT2D eigenvalue weighted by atomic mass is 32.2. The molecule has 0 radical (unpaired) electrons. The van der Waals surface area contributed by atoms with Gasteiger partial charge in [-0.3, -0.25) is 4.98 Å². The van der Waals surface area contributed by atoms with Gasteiger partial charge in [0, 0.05) is 12.7 Å². The van der Waals surface area contributed by atoms with Crippen LogP contribution in [0.5, 0.6) is 0 Å². The lowest BCUT2D eigenvalue weighted by atomic mass is 10.1. The van der Waals surface area contributed by atoms with Crippen molar-refractivity contribution in [1.82, 2.24) is 9.71 Å². The number of nitrogens with two attached hydrogens (primary N) is 1. The Labute approximate surface area is 125 Å². The van der Waals surface area contributed by atoms with Gasteiger partial charge in [-0.25, -0.2) is 13.1 Å². The molecule has 1 aromatic heterocycles. The Morgan fingerprint density at radius 2 is 1.81 bits per heavy atom. The molecule has 3 N–H and O–H groups in total. The maximum atomic E-state index is 12.2. The van der Waals surface area contributed by atoms with Gasteiger partial charge in [0.25, 0.3) is 0 Å². The van der Waals surface area contributed by atoms with Gasteiger partial charge in [-0.1, -0.05) is 30.3 Å². The summed E-state index contributed by atoms with van der Waals surface area (Å²) in [6, 6.07) is 12.3. The first-order valence-corrected chi connectivity index (χ1v) is 8.34. The molecule has 0 saturated carbocycles. The van der Waals surface area contributed by atoms with E-state index in [9.17, 15) is 8.42 Å². The second kappa shape index (κ2) is 6.80. The van der Waals surface area contributed by atoms with Crippen LogP contribution in [0.25, 0.3) is 0 Å². The maximum absolute atomic E-state index is 12.2. The molecule has 5 nitrogen and oxygen atoms in total. The molecule has 0 saturated heterocycles. The van der Waals surface area contributed by atoms with Gasteiger partial charge < -0.3 is 5.73 Å². The fourth-order valence-electron chi connectivity index (χ4n) is 1.99. The summed E-state index contributed by atoms with van der Waals surface area (Å²) in [5, 5.41) is 0. The molecule has 2 rings (SSSR count). The van der Waals surface area contributed by atoms with E-state index >= 15 is 0 Å². The molecule has 0 aliphatic rings. The monoisotopic (exact) mass is 305 g/mol. The summed E-state index contributed by atoms with van der Waals surface area (Å²) >= 11 is 0. The van der Waals surface area contributed by atoms with Crippen molar-refractivity contribution in [2.24, 2.45) is 5.73 Å². The molecule has 2 aromatic rings. The van der Waals surface area contributed by atoms with Crippen LogP contribution >= 0.6 is 0 Å². The molecule has 21 heavy (non-hydrogen) atoms. The van der Waals surface area contributed by atoms with E-state index in [4.69, 9.17) is 5.73 Å². The minimum atomic E-state index is -3.42. The number of pyridine rings is 1. The molecule has 1 unspecified atom stereocenters. The Balaban J connectivity index is 2.04. The normalized spacial score (nSPS) is 13.0. The molecule has 112 valence electrons. The molecule has 0 aliphatic carbocycles. The lowest BCUT2D eigenvalue weighted by Gasteiger charge is -2.13. The van der Waals surface area contributed by atoms with E-state index in [2.05, 4.69) is 9.71 Å². The summed E-state index contributed by atoms with van der Waals surface area (Å²) in [6.07, 6.45) is 1.64. The number of hydrogen-bond donors (Lipinski definition) is 2. The zero-order valence-electron chi connectivity index (χ0n) is 11.9. The molecule has 1 atom stereocenters. The fraction of sp³-hybridized carbons (Fsp3) is 0.267. The summed E-state index contributed by atoms with van der Waals surface area (Å²) < 4.78 is 27.0. The maximum Gasteiger partial charge on any atom is 0.216 e. The molecule has 6 heteroatoms. The molecule has 0 aliphatic heterocycles. The fourth-order valence-corrected chi connectivity index (χ4v) is 3.37. The Hall–Kier alpha value is -1.76. The summed E-state index contributed by atoms with van der Waals surface area (Å²) in [7, 11) is -3.42. The second-order valence-corrected chi connectivity index (χ2v) is 6.63. The molecule has 0 amide bonds. The van der Waals surface area contributed by atoms with Gasteiger partial charge >= 0.3 is 0 Å². The van der Waals surface area contributed by atoms with E-state index < -0.39 is 10.0 Å². The van der Waals surface area contributed by atoms with Crippen molar-refractivity contribution in [2.75, 3.05) is 0 Å². The van der Waals surface area contributed by atoms with E-state index in [-0.39, 0.29) is 11.8 Å². The van der Waals surface area contributed by atoms with Crippen molar-refractivity contribution < 1.29 is 8.42 Å². The van der Waals surface area contributed by atoms with Gasteiger partial charge in [0.05, 0.1) is 17.5 Å². The summed E-state index contributed by atoms with van der Waals surface area (Å²) in [5.74, 6) is -0.0605. The number of aromatic nitrogens is 1. The van der Waals surface area contributed by atoms with Crippen LogP contribution in [0.3, 0.4) is 0 Å². The standard InChI is InChI=1S/C15H19N3O2S/c1-12(15-4-2-3-9-17-15)18-21(19,20)11-14-7-5-13(10-16)6-8-14/h2-9,12,18H,10-11,16H2,1H3. The van der Waals surface area contributed by atoms with Crippen molar-refractivity contribution in [3.63, 3.8) is 0 Å². The van der Waals surface area contributed by atoms with Crippen molar-refractivity contribution >= 4 is 10.0 Å². The lowest BCUT2D eigenvalue weighted by molar-refractivity contribution is 0.563. The van der Waals surface area contributed by atoms with Gasteiger partial charge in [0.1, 0.15) is 0 Å². The molecular weight excluding hydrogens is 286 g/mol. The highest BCUT2D eigenvalue weighted by Gasteiger charge is 2.17. The van der Waals surface area contributed by atoms with Crippen molar-refractivity contribution in [1.29, 1.82) is 0 Å². The number of nitrogens with zero attached hydrogens (tertiary/aromatic N) is 1. The van der Waals surface area contributed by atoms with Crippen LogP contribution < -0.4 is 10.5 Å². The third-order valence-electron chi connectivity index (χ3n) is 3.10. The van der Waals surface area contributed by atoms with Gasteiger partial charge in [0.15, 0.2) is 0 Å². The van der Waals surface area contributed by atoms with E-state index in [0.29, 0.717) is 12.2 Å². The lowest BCUT2D eigenvalue weighted by Crippen LogP contribution is -2.28. The quantitative estimate of drug-likeness (QED) is 0.851. The molecule has 0 fully saturated rings. The highest BCUT2D eigenvalue weighted by Crippen LogP contribution is 2.13. The number of rotatable bonds is 6. The van der Waals surface area contributed by atoms with E-state index in [1.807, 2.05) is 18.2 Å². The first-order chi connectivity index (χ1) is 10.00. The van der Waals surface area contributed by atoms with Crippen LogP contribution in [-0.2, 0) is 22.3 Å². The van der Waals surface area contributed by atoms with Crippen LogP contribution in [0.4, 0.5) is 0 Å². The average Bonchev–Trinajstić information content (AvgIpc) is 2.48. The van der Waals surface area contributed by atoms with Crippen molar-refractivity contribution in [3.8, 4) is 0 Å². The Kier molecular flexibility index (Phi) is 5.06. The Bertz CT molecular complexity index is 670. The minimum Gasteiger partial charge on any atom is -0.326 e. The van der Waals surface area contributed by atoms with Gasteiger partial charge in [-0.15, -0.1) is 0 Å². The van der Waals surface area contributed by atoms with Crippen LogP contribution in [0.1, 0.15) is 29.8 Å². The molecule has 0 bridgehead atoms. The predicted octanol–water partition coefficient (Wildman–Crippen LogP) is 1.72. The van der Waals surface area contributed by atoms with E-state index in [0.717, 1.165) is 11.1 Å². The molecule has 1 heterocycles. The van der Waals surface area contributed by atoms with Crippen LogP contribution in [0, 0.1) is 0 Å². The summed E-state index contributed by atoms with van der Waals surface area (Å²) in [6.45, 7) is 2.22. The highest BCUT2D eigenvalue weighted by molar-refractivity contribution is 7.88. The Morgan fingerprint density at radius 3 is 2.38 bits per heavy atom. The van der Waals surface area contributed by atoms with Crippen molar-refractivity contribution in [2.45, 2.75) is 25.3 Å². The minimum absolute atomic E-state index is 0.0605.